The first kappa shape index (κ1) is 18.6. The van der Waals surface area contributed by atoms with Crippen LogP contribution in [0.3, 0.4) is 0 Å². The standard InChI is InChI=1S/C19H21N5O3S/c1-14-5-4-7-17(20-14)22-19(25)18-21-15(16-6-2-3-8-24(16)18)13-23-9-11-28(26,27)12-10-23/h2-8H,9-13H2,1H3,(H,20,22,25)/p+1. The molecule has 0 radical (unpaired) electrons. The minimum atomic E-state index is -2.91. The van der Waals surface area contributed by atoms with Crippen molar-refractivity contribution in [2.45, 2.75) is 13.5 Å². The number of pyridine rings is 2. The topological polar surface area (TPSA) is 97.9 Å². The summed E-state index contributed by atoms with van der Waals surface area (Å²) in [6, 6.07) is 11.1. The highest BCUT2D eigenvalue weighted by Gasteiger charge is 2.27. The number of quaternary nitrogens is 1. The molecule has 9 heteroatoms. The molecule has 1 fully saturated rings. The highest BCUT2D eigenvalue weighted by molar-refractivity contribution is 7.91. The number of hydrogen-bond donors (Lipinski definition) is 2. The summed E-state index contributed by atoms with van der Waals surface area (Å²) in [7, 11) is -2.91. The highest BCUT2D eigenvalue weighted by atomic mass is 32.2. The molecule has 1 aliphatic rings. The largest absolute Gasteiger partial charge is 0.328 e. The third kappa shape index (κ3) is 3.90. The molecule has 0 unspecified atom stereocenters. The van der Waals surface area contributed by atoms with Crippen molar-refractivity contribution in [3.8, 4) is 0 Å². The summed E-state index contributed by atoms with van der Waals surface area (Å²) in [4.78, 5) is 22.9. The quantitative estimate of drug-likeness (QED) is 0.648. The Morgan fingerprint density at radius 2 is 1.93 bits per heavy atom. The van der Waals surface area contributed by atoms with Crippen LogP contribution >= 0.6 is 0 Å². The number of fused-ring (bicyclic) bond motifs is 1. The number of amides is 1. The zero-order chi connectivity index (χ0) is 19.7. The first-order chi connectivity index (χ1) is 13.4. The first-order valence-corrected chi connectivity index (χ1v) is 11.0. The van der Waals surface area contributed by atoms with Crippen LogP contribution in [-0.2, 0) is 16.4 Å². The molecule has 0 saturated carbocycles. The molecule has 8 nitrogen and oxygen atoms in total. The minimum absolute atomic E-state index is 0.195. The van der Waals surface area contributed by atoms with E-state index in [1.807, 2.05) is 37.3 Å². The predicted molar refractivity (Wildman–Crippen MR) is 105 cm³/mol. The summed E-state index contributed by atoms with van der Waals surface area (Å²) >= 11 is 0. The number of sulfone groups is 1. The Bertz CT molecular complexity index is 1130. The van der Waals surface area contributed by atoms with Gasteiger partial charge < -0.3 is 10.2 Å². The van der Waals surface area contributed by atoms with Gasteiger partial charge in [-0.3, -0.25) is 9.20 Å². The lowest BCUT2D eigenvalue weighted by Crippen LogP contribution is -3.13. The third-order valence-corrected chi connectivity index (χ3v) is 6.56. The number of imidazole rings is 1. The summed E-state index contributed by atoms with van der Waals surface area (Å²) in [5.41, 5.74) is 2.46. The zero-order valence-electron chi connectivity index (χ0n) is 15.6. The number of aryl methyl sites for hydroxylation is 1. The van der Waals surface area contributed by atoms with Crippen LogP contribution in [0.2, 0.25) is 0 Å². The molecule has 1 aliphatic heterocycles. The summed E-state index contributed by atoms with van der Waals surface area (Å²) < 4.78 is 25.1. The summed E-state index contributed by atoms with van der Waals surface area (Å²) in [5.74, 6) is 0.826. The maximum atomic E-state index is 12.8. The van der Waals surface area contributed by atoms with Crippen molar-refractivity contribution in [2.75, 3.05) is 29.9 Å². The molecule has 1 amide bonds. The Morgan fingerprint density at radius 1 is 1.14 bits per heavy atom. The van der Waals surface area contributed by atoms with Crippen molar-refractivity contribution in [1.29, 1.82) is 0 Å². The fraction of sp³-hybridized carbons (Fsp3) is 0.316. The van der Waals surface area contributed by atoms with Gasteiger partial charge in [-0.15, -0.1) is 0 Å². The molecule has 28 heavy (non-hydrogen) atoms. The number of hydrogen-bond acceptors (Lipinski definition) is 5. The van der Waals surface area contributed by atoms with E-state index in [4.69, 9.17) is 0 Å². The van der Waals surface area contributed by atoms with Crippen molar-refractivity contribution >= 4 is 27.1 Å². The van der Waals surface area contributed by atoms with E-state index in [9.17, 15) is 13.2 Å². The molecule has 0 aliphatic carbocycles. The van der Waals surface area contributed by atoms with Crippen LogP contribution in [0.4, 0.5) is 5.82 Å². The SMILES string of the molecule is Cc1cccc(NC(=O)c2nc(C[NH+]3CCS(=O)(=O)CC3)c3ccccn23)n1. The molecule has 1 saturated heterocycles. The number of rotatable bonds is 4. The Balaban J connectivity index is 1.60. The van der Waals surface area contributed by atoms with Crippen molar-refractivity contribution < 1.29 is 18.1 Å². The molecule has 4 heterocycles. The van der Waals surface area contributed by atoms with E-state index in [1.165, 1.54) is 0 Å². The first-order valence-electron chi connectivity index (χ1n) is 9.16. The maximum absolute atomic E-state index is 12.8. The van der Waals surface area contributed by atoms with Gasteiger partial charge in [0.15, 0.2) is 9.84 Å². The monoisotopic (exact) mass is 400 g/mol. The average Bonchev–Trinajstić information content (AvgIpc) is 3.02. The lowest BCUT2D eigenvalue weighted by atomic mass is 10.3. The van der Waals surface area contributed by atoms with Crippen molar-refractivity contribution in [3.05, 3.63) is 59.8 Å². The van der Waals surface area contributed by atoms with Crippen LogP contribution < -0.4 is 10.2 Å². The van der Waals surface area contributed by atoms with Crippen molar-refractivity contribution in [2.24, 2.45) is 0 Å². The van der Waals surface area contributed by atoms with Gasteiger partial charge in [0.2, 0.25) is 5.82 Å². The number of nitrogens with zero attached hydrogens (tertiary/aromatic N) is 3. The number of carbonyl (C=O) groups excluding carboxylic acids is 1. The van der Waals surface area contributed by atoms with Gasteiger partial charge in [0.1, 0.15) is 18.1 Å². The van der Waals surface area contributed by atoms with E-state index >= 15 is 0 Å². The molecule has 2 N–H and O–H groups in total. The van der Waals surface area contributed by atoms with Gasteiger partial charge in [0, 0.05) is 11.9 Å². The molecular weight excluding hydrogens is 378 g/mol. The summed E-state index contributed by atoms with van der Waals surface area (Å²) in [5, 5.41) is 2.80. The van der Waals surface area contributed by atoms with E-state index in [0.717, 1.165) is 21.8 Å². The van der Waals surface area contributed by atoms with Crippen LogP contribution in [0.25, 0.3) is 5.52 Å². The van der Waals surface area contributed by atoms with E-state index in [1.54, 1.807) is 16.7 Å². The molecule has 4 rings (SSSR count). The molecule has 0 bridgehead atoms. The molecule has 3 aromatic heterocycles. The molecule has 0 atom stereocenters. The fourth-order valence-electron chi connectivity index (χ4n) is 3.42. The molecule has 146 valence electrons. The van der Waals surface area contributed by atoms with Gasteiger partial charge in [-0.05, 0) is 31.2 Å². The zero-order valence-corrected chi connectivity index (χ0v) is 16.4. The van der Waals surface area contributed by atoms with Crippen LogP contribution in [0.5, 0.6) is 0 Å². The number of nitrogens with one attached hydrogen (secondary N) is 2. The Morgan fingerprint density at radius 3 is 2.68 bits per heavy atom. The van der Waals surface area contributed by atoms with Crippen LogP contribution in [-0.4, -0.2) is 53.3 Å². The Labute approximate surface area is 163 Å². The van der Waals surface area contributed by atoms with Crippen molar-refractivity contribution in [1.82, 2.24) is 14.4 Å². The van der Waals surface area contributed by atoms with Gasteiger partial charge >= 0.3 is 0 Å². The van der Waals surface area contributed by atoms with Crippen LogP contribution in [0, 0.1) is 6.92 Å². The normalized spacial score (nSPS) is 16.9. The smallest absolute Gasteiger partial charge is 0.293 e. The molecule has 0 spiro atoms. The number of carbonyl (C=O) groups is 1. The number of aromatic nitrogens is 3. The average molecular weight is 400 g/mol. The van der Waals surface area contributed by atoms with E-state index in [0.29, 0.717) is 25.5 Å². The predicted octanol–water partition coefficient (Wildman–Crippen LogP) is 0.103. The van der Waals surface area contributed by atoms with Gasteiger partial charge in [-0.25, -0.2) is 18.4 Å². The van der Waals surface area contributed by atoms with Gasteiger partial charge in [-0.2, -0.15) is 0 Å². The lowest BCUT2D eigenvalue weighted by Gasteiger charge is -2.22. The van der Waals surface area contributed by atoms with E-state index in [2.05, 4.69) is 15.3 Å². The fourth-order valence-corrected chi connectivity index (χ4v) is 4.82. The summed E-state index contributed by atoms with van der Waals surface area (Å²) in [6.07, 6.45) is 1.81. The van der Waals surface area contributed by atoms with Gasteiger partial charge in [-0.1, -0.05) is 12.1 Å². The lowest BCUT2D eigenvalue weighted by molar-refractivity contribution is -0.910. The van der Waals surface area contributed by atoms with E-state index < -0.39 is 9.84 Å². The minimum Gasteiger partial charge on any atom is -0.328 e. The second-order valence-corrected chi connectivity index (χ2v) is 9.34. The van der Waals surface area contributed by atoms with Crippen molar-refractivity contribution in [3.63, 3.8) is 0 Å². The number of anilines is 1. The molecular formula is C19H22N5O3S+. The molecule has 3 aromatic rings. The Kier molecular flexibility index (Phi) is 4.86. The molecule has 0 aromatic carbocycles. The second kappa shape index (κ2) is 7.33. The summed E-state index contributed by atoms with van der Waals surface area (Å²) in [6.45, 7) is 3.56. The van der Waals surface area contributed by atoms with E-state index in [-0.39, 0.29) is 23.2 Å². The maximum Gasteiger partial charge on any atom is 0.293 e. The highest BCUT2D eigenvalue weighted by Crippen LogP contribution is 2.14. The third-order valence-electron chi connectivity index (χ3n) is 4.91. The van der Waals surface area contributed by atoms with Crippen LogP contribution in [0.15, 0.2) is 42.6 Å². The Hall–Kier alpha value is -2.78. The van der Waals surface area contributed by atoms with Gasteiger partial charge in [0.25, 0.3) is 5.91 Å². The van der Waals surface area contributed by atoms with Crippen LogP contribution in [0.1, 0.15) is 22.0 Å². The van der Waals surface area contributed by atoms with Gasteiger partial charge in [0.05, 0.1) is 30.1 Å². The second-order valence-electron chi connectivity index (χ2n) is 7.03.